The third-order valence-corrected chi connectivity index (χ3v) is 7.62. The van der Waals surface area contributed by atoms with Crippen LogP contribution in [0.1, 0.15) is 26.7 Å². The summed E-state index contributed by atoms with van der Waals surface area (Å²) in [5.74, 6) is -0.285. The summed E-state index contributed by atoms with van der Waals surface area (Å²) in [6.07, 6.45) is 0. The molecule has 0 aliphatic heterocycles. The largest absolute Gasteiger partial charge is 0.350 e. The first-order chi connectivity index (χ1) is 12.5. The minimum Gasteiger partial charge on any atom is -0.350 e. The lowest BCUT2D eigenvalue weighted by Gasteiger charge is -2.18. The van der Waals surface area contributed by atoms with E-state index >= 15 is 0 Å². The van der Waals surface area contributed by atoms with Gasteiger partial charge in [-0.15, -0.1) is 11.3 Å². The molecule has 0 saturated heterocycles. The zero-order valence-electron chi connectivity index (χ0n) is 14.3. The molecule has 0 unspecified atom stereocenters. The molecular formula is C20H19NO3S2. The molecule has 1 N–H and O–H groups in total. The highest BCUT2D eigenvalue weighted by atomic mass is 32.2. The van der Waals surface area contributed by atoms with Crippen molar-refractivity contribution in [3.63, 3.8) is 0 Å². The maximum Gasteiger partial charge on any atom is 0.251 e. The molecule has 1 heterocycles. The van der Waals surface area contributed by atoms with Crippen molar-refractivity contribution in [3.8, 4) is 0 Å². The monoisotopic (exact) mass is 385 g/mol. The number of rotatable bonds is 6. The lowest BCUT2D eigenvalue weighted by Crippen LogP contribution is -2.31. The molecule has 1 aromatic heterocycles. The van der Waals surface area contributed by atoms with E-state index in [-0.39, 0.29) is 12.5 Å². The van der Waals surface area contributed by atoms with Crippen LogP contribution in [0.5, 0.6) is 0 Å². The Bertz CT molecular complexity index is 964. The second-order valence-corrected chi connectivity index (χ2v) is 9.26. The van der Waals surface area contributed by atoms with Crippen LogP contribution in [0.25, 0.3) is 0 Å². The molecule has 0 spiro atoms. The van der Waals surface area contributed by atoms with Crippen LogP contribution in [0, 0.1) is 6.92 Å². The number of carbonyl (C=O) groups excluding carboxylic acids is 1. The number of sulfone groups is 1. The van der Waals surface area contributed by atoms with Crippen LogP contribution < -0.4 is 5.32 Å². The van der Waals surface area contributed by atoms with Crippen LogP contribution in [-0.4, -0.2) is 20.9 Å². The van der Waals surface area contributed by atoms with Gasteiger partial charge in [0.05, 0.1) is 0 Å². The summed E-state index contributed by atoms with van der Waals surface area (Å²) in [4.78, 5) is 12.4. The Morgan fingerprint density at radius 2 is 1.69 bits per heavy atom. The first-order valence-electron chi connectivity index (χ1n) is 8.15. The average molecular weight is 386 g/mol. The van der Waals surface area contributed by atoms with Crippen molar-refractivity contribution in [1.82, 2.24) is 5.32 Å². The summed E-state index contributed by atoms with van der Waals surface area (Å²) in [6, 6.07) is 19.5. The first-order valence-corrected chi connectivity index (χ1v) is 10.6. The van der Waals surface area contributed by atoms with E-state index in [1.165, 1.54) is 11.3 Å². The molecule has 0 bridgehead atoms. The Morgan fingerprint density at radius 1 is 1.00 bits per heavy atom. The van der Waals surface area contributed by atoms with Crippen LogP contribution in [-0.2, 0) is 9.84 Å². The van der Waals surface area contributed by atoms with Crippen molar-refractivity contribution in [2.24, 2.45) is 0 Å². The van der Waals surface area contributed by atoms with E-state index in [4.69, 9.17) is 0 Å². The molecule has 2 aromatic carbocycles. The molecule has 0 aliphatic carbocycles. The lowest BCUT2D eigenvalue weighted by molar-refractivity contribution is 0.0953. The van der Waals surface area contributed by atoms with E-state index < -0.39 is 15.1 Å². The molecule has 0 radical (unpaired) electrons. The predicted octanol–water partition coefficient (Wildman–Crippen LogP) is 4.00. The summed E-state index contributed by atoms with van der Waals surface area (Å²) in [5.41, 5.74) is 2.23. The zero-order valence-corrected chi connectivity index (χ0v) is 15.9. The molecule has 0 aliphatic rings. The van der Waals surface area contributed by atoms with Crippen LogP contribution in [0.3, 0.4) is 0 Å². The predicted molar refractivity (Wildman–Crippen MR) is 104 cm³/mol. The van der Waals surface area contributed by atoms with E-state index in [0.717, 1.165) is 5.56 Å². The van der Waals surface area contributed by atoms with Crippen molar-refractivity contribution in [3.05, 3.63) is 88.8 Å². The number of hydrogen-bond acceptors (Lipinski definition) is 4. The highest BCUT2D eigenvalue weighted by Gasteiger charge is 2.30. The van der Waals surface area contributed by atoms with Crippen LogP contribution >= 0.6 is 11.3 Å². The van der Waals surface area contributed by atoms with Crippen molar-refractivity contribution in [2.75, 3.05) is 6.54 Å². The Labute approximate surface area is 157 Å². The standard InChI is InChI=1S/C20H19NO3S2/c1-15-9-11-17(12-10-15)20(22)21-14-18(16-6-3-2-4-7-16)26(23,24)19-8-5-13-25-19/h2-13,18H,14H2,1H3,(H,21,22)/t18-/m1/s1. The van der Waals surface area contributed by atoms with Crippen molar-refractivity contribution in [2.45, 2.75) is 16.4 Å². The molecule has 1 amide bonds. The Morgan fingerprint density at radius 3 is 2.31 bits per heavy atom. The fourth-order valence-electron chi connectivity index (χ4n) is 2.63. The quantitative estimate of drug-likeness (QED) is 0.697. The normalized spacial score (nSPS) is 12.5. The van der Waals surface area contributed by atoms with Gasteiger partial charge in [-0.05, 0) is 36.1 Å². The molecule has 3 aromatic rings. The Balaban J connectivity index is 1.85. The average Bonchev–Trinajstić information content (AvgIpc) is 3.18. The van der Waals surface area contributed by atoms with Gasteiger partial charge in [0.2, 0.25) is 0 Å². The highest BCUT2D eigenvalue weighted by Crippen LogP contribution is 2.31. The summed E-state index contributed by atoms with van der Waals surface area (Å²) in [7, 11) is -3.59. The van der Waals surface area contributed by atoms with Gasteiger partial charge in [0.15, 0.2) is 9.84 Å². The van der Waals surface area contributed by atoms with Crippen molar-refractivity contribution < 1.29 is 13.2 Å². The van der Waals surface area contributed by atoms with Crippen LogP contribution in [0.4, 0.5) is 0 Å². The molecule has 4 nitrogen and oxygen atoms in total. The van der Waals surface area contributed by atoms with E-state index in [1.807, 2.05) is 25.1 Å². The smallest absolute Gasteiger partial charge is 0.251 e. The number of hydrogen-bond donors (Lipinski definition) is 1. The second kappa shape index (κ2) is 7.85. The van der Waals surface area contributed by atoms with Gasteiger partial charge in [-0.2, -0.15) is 0 Å². The molecule has 0 saturated carbocycles. The highest BCUT2D eigenvalue weighted by molar-refractivity contribution is 7.93. The molecule has 3 rings (SSSR count). The molecular weight excluding hydrogens is 366 g/mol. The van der Waals surface area contributed by atoms with E-state index in [2.05, 4.69) is 5.32 Å². The number of amides is 1. The number of aryl methyl sites for hydroxylation is 1. The zero-order chi connectivity index (χ0) is 18.6. The number of carbonyl (C=O) groups is 1. The van der Waals surface area contributed by atoms with Gasteiger partial charge >= 0.3 is 0 Å². The summed E-state index contributed by atoms with van der Waals surface area (Å²) >= 11 is 1.18. The fraction of sp³-hybridized carbons (Fsp3) is 0.150. The molecule has 26 heavy (non-hydrogen) atoms. The van der Waals surface area contributed by atoms with Gasteiger partial charge in [0.25, 0.3) is 5.91 Å². The van der Waals surface area contributed by atoms with E-state index in [1.54, 1.807) is 53.9 Å². The van der Waals surface area contributed by atoms with Crippen molar-refractivity contribution >= 4 is 27.1 Å². The van der Waals surface area contributed by atoms with E-state index in [9.17, 15) is 13.2 Å². The number of nitrogens with one attached hydrogen (secondary N) is 1. The van der Waals surface area contributed by atoms with E-state index in [0.29, 0.717) is 15.3 Å². The Hall–Kier alpha value is -2.44. The topological polar surface area (TPSA) is 63.2 Å². The molecule has 1 atom stereocenters. The number of thiophene rings is 1. The SMILES string of the molecule is Cc1ccc(C(=O)NC[C@H](c2ccccc2)S(=O)(=O)c2cccs2)cc1. The summed E-state index contributed by atoms with van der Waals surface area (Å²) in [5, 5.41) is 3.67. The minimum absolute atomic E-state index is 0.0109. The maximum absolute atomic E-state index is 13.0. The number of benzene rings is 2. The van der Waals surface area contributed by atoms with Crippen LogP contribution in [0.2, 0.25) is 0 Å². The maximum atomic E-state index is 13.0. The Kier molecular flexibility index (Phi) is 5.54. The van der Waals surface area contributed by atoms with Gasteiger partial charge in [-0.1, -0.05) is 54.1 Å². The summed E-state index contributed by atoms with van der Waals surface area (Å²) in [6.45, 7) is 1.96. The van der Waals surface area contributed by atoms with Gasteiger partial charge < -0.3 is 5.32 Å². The molecule has 6 heteroatoms. The minimum atomic E-state index is -3.59. The first kappa shape index (κ1) is 18.4. The lowest BCUT2D eigenvalue weighted by atomic mass is 10.1. The van der Waals surface area contributed by atoms with Gasteiger partial charge in [0, 0.05) is 12.1 Å². The second-order valence-electron chi connectivity index (χ2n) is 5.95. The molecule has 134 valence electrons. The van der Waals surface area contributed by atoms with Crippen molar-refractivity contribution in [1.29, 1.82) is 0 Å². The molecule has 0 fully saturated rings. The van der Waals surface area contributed by atoms with Gasteiger partial charge in [-0.3, -0.25) is 4.79 Å². The van der Waals surface area contributed by atoms with Gasteiger partial charge in [0.1, 0.15) is 9.46 Å². The van der Waals surface area contributed by atoms with Crippen LogP contribution in [0.15, 0.2) is 76.3 Å². The fourth-order valence-corrected chi connectivity index (χ4v) is 5.50. The van der Waals surface area contributed by atoms with Gasteiger partial charge in [-0.25, -0.2) is 8.42 Å². The third kappa shape index (κ3) is 4.03. The summed E-state index contributed by atoms with van der Waals surface area (Å²) < 4.78 is 26.4. The third-order valence-electron chi connectivity index (χ3n) is 4.08.